The zero-order valence-electron chi connectivity index (χ0n) is 18.6. The number of hydrogen-bond donors (Lipinski definition) is 0. The Labute approximate surface area is 177 Å². The predicted molar refractivity (Wildman–Crippen MR) is 108 cm³/mol. The van der Waals surface area contributed by atoms with Crippen molar-refractivity contribution >= 4 is 23.5 Å². The molecule has 0 heterocycles. The van der Waals surface area contributed by atoms with Crippen LogP contribution in [0.2, 0.25) is 0 Å². The largest absolute Gasteiger partial charge is 0.461 e. The van der Waals surface area contributed by atoms with Crippen molar-refractivity contribution in [1.29, 1.82) is 0 Å². The molecule has 0 aromatic rings. The van der Waals surface area contributed by atoms with Crippen molar-refractivity contribution in [2.24, 2.45) is 34.0 Å². The van der Waals surface area contributed by atoms with E-state index in [1.807, 2.05) is 13.8 Å². The van der Waals surface area contributed by atoms with Crippen molar-refractivity contribution in [3.05, 3.63) is 12.2 Å². The standard InChI is InChI=1S/C24H32O6/c1-12-15-7-8-16-23(6)10-9-18(27)22(4,5)17(23)11-19(29-13(2)25)24(16,20(12)28)21(15)30-14(3)26/h15-17,19,21H,1,7-11H2,2-6H3/t15?,16?,17-,19?,21?,23+,24?/m1/s1. The third-order valence-corrected chi connectivity index (χ3v) is 8.97. The molecule has 4 aliphatic rings. The predicted octanol–water partition coefficient (Wildman–Crippen LogP) is 3.42. The molecule has 1 spiro atoms. The molecule has 164 valence electrons. The highest BCUT2D eigenvalue weighted by Crippen LogP contribution is 2.71. The lowest BCUT2D eigenvalue weighted by Gasteiger charge is -2.65. The Kier molecular flexibility index (Phi) is 4.61. The first-order valence-electron chi connectivity index (χ1n) is 11.0. The van der Waals surface area contributed by atoms with Gasteiger partial charge in [0, 0.05) is 31.6 Å². The van der Waals surface area contributed by atoms with Crippen LogP contribution in [0.5, 0.6) is 0 Å². The summed E-state index contributed by atoms with van der Waals surface area (Å²) in [5, 5.41) is 0. The van der Waals surface area contributed by atoms with Crippen LogP contribution in [0.4, 0.5) is 0 Å². The number of esters is 2. The summed E-state index contributed by atoms with van der Waals surface area (Å²) in [4.78, 5) is 50.8. The fourth-order valence-corrected chi connectivity index (χ4v) is 7.78. The SMILES string of the molecule is C=C1C(=O)C23C(OC(C)=O)C[C@@H]4C(C)(C)C(=O)CC[C@@]4(C)C2CCC1C3OC(C)=O. The summed E-state index contributed by atoms with van der Waals surface area (Å²) in [5.41, 5.74) is -1.50. The molecule has 2 bridgehead atoms. The van der Waals surface area contributed by atoms with Crippen LogP contribution in [0.25, 0.3) is 0 Å². The van der Waals surface area contributed by atoms with Gasteiger partial charge in [0.2, 0.25) is 0 Å². The third-order valence-electron chi connectivity index (χ3n) is 8.97. The molecule has 5 unspecified atom stereocenters. The third kappa shape index (κ3) is 2.48. The maximum absolute atomic E-state index is 13.8. The first kappa shape index (κ1) is 21.3. The summed E-state index contributed by atoms with van der Waals surface area (Å²) in [6.07, 6.45) is 1.65. The molecule has 6 nitrogen and oxygen atoms in total. The van der Waals surface area contributed by atoms with E-state index < -0.39 is 35.0 Å². The maximum atomic E-state index is 13.8. The van der Waals surface area contributed by atoms with Crippen LogP contribution in [0.15, 0.2) is 12.2 Å². The summed E-state index contributed by atoms with van der Waals surface area (Å²) in [6, 6.07) is 0. The highest BCUT2D eigenvalue weighted by atomic mass is 16.6. The summed E-state index contributed by atoms with van der Waals surface area (Å²) >= 11 is 0. The molecule has 6 heteroatoms. The molecule has 0 aromatic carbocycles. The second kappa shape index (κ2) is 6.51. The van der Waals surface area contributed by atoms with Crippen molar-refractivity contribution in [3.63, 3.8) is 0 Å². The van der Waals surface area contributed by atoms with Crippen LogP contribution in [-0.2, 0) is 28.7 Å². The Morgan fingerprint density at radius 3 is 2.23 bits per heavy atom. The summed E-state index contributed by atoms with van der Waals surface area (Å²) < 4.78 is 11.6. The molecule has 30 heavy (non-hydrogen) atoms. The molecule has 0 N–H and O–H groups in total. The topological polar surface area (TPSA) is 86.7 Å². The van der Waals surface area contributed by atoms with Gasteiger partial charge in [0.1, 0.15) is 23.4 Å². The first-order chi connectivity index (χ1) is 13.9. The van der Waals surface area contributed by atoms with E-state index in [-0.39, 0.29) is 34.7 Å². The van der Waals surface area contributed by atoms with Gasteiger partial charge in [0.05, 0.1) is 0 Å². The van der Waals surface area contributed by atoms with E-state index in [0.717, 1.165) is 6.42 Å². The minimum atomic E-state index is -1.11. The van der Waals surface area contributed by atoms with Gasteiger partial charge in [-0.05, 0) is 48.5 Å². The average molecular weight is 417 g/mol. The quantitative estimate of drug-likeness (QED) is 0.506. The second-order valence-electron chi connectivity index (χ2n) is 10.6. The van der Waals surface area contributed by atoms with Gasteiger partial charge in [-0.3, -0.25) is 19.2 Å². The van der Waals surface area contributed by atoms with E-state index in [1.165, 1.54) is 13.8 Å². The lowest BCUT2D eigenvalue weighted by molar-refractivity contribution is -0.235. The lowest BCUT2D eigenvalue weighted by Crippen LogP contribution is -2.69. The van der Waals surface area contributed by atoms with E-state index in [2.05, 4.69) is 13.5 Å². The number of ether oxygens (including phenoxy) is 2. The lowest BCUT2D eigenvalue weighted by atomic mass is 9.39. The molecule has 4 rings (SSSR count). The van der Waals surface area contributed by atoms with Gasteiger partial charge in [0.25, 0.3) is 0 Å². The number of Topliss-reactive ketones (excluding diaryl/α,β-unsaturated/α-hetero) is 2. The fourth-order valence-electron chi connectivity index (χ4n) is 7.78. The van der Waals surface area contributed by atoms with Crippen LogP contribution in [0.1, 0.15) is 66.7 Å². The fraction of sp³-hybridized carbons (Fsp3) is 0.750. The normalized spacial score (nSPS) is 44.2. The highest BCUT2D eigenvalue weighted by molar-refractivity contribution is 6.05. The smallest absolute Gasteiger partial charge is 0.302 e. The van der Waals surface area contributed by atoms with E-state index in [1.54, 1.807) is 0 Å². The second-order valence-corrected chi connectivity index (χ2v) is 10.6. The molecular formula is C24H32O6. The van der Waals surface area contributed by atoms with Gasteiger partial charge < -0.3 is 9.47 Å². The first-order valence-corrected chi connectivity index (χ1v) is 11.0. The van der Waals surface area contributed by atoms with Gasteiger partial charge in [-0.2, -0.15) is 0 Å². The number of carbonyl (C=O) groups excluding carboxylic acids is 4. The molecule has 4 aliphatic carbocycles. The molecule has 0 radical (unpaired) electrons. The number of fused-ring (bicyclic) bond motifs is 3. The van der Waals surface area contributed by atoms with Crippen LogP contribution < -0.4 is 0 Å². The van der Waals surface area contributed by atoms with Crippen molar-refractivity contribution < 1.29 is 28.7 Å². The summed E-state index contributed by atoms with van der Waals surface area (Å²) in [5.74, 6) is -1.23. The van der Waals surface area contributed by atoms with Crippen molar-refractivity contribution in [1.82, 2.24) is 0 Å². The van der Waals surface area contributed by atoms with Crippen LogP contribution >= 0.6 is 0 Å². The van der Waals surface area contributed by atoms with Crippen LogP contribution in [0.3, 0.4) is 0 Å². The van der Waals surface area contributed by atoms with Gasteiger partial charge in [0.15, 0.2) is 5.78 Å². The Balaban J connectivity index is 1.93. The van der Waals surface area contributed by atoms with Crippen molar-refractivity contribution in [2.45, 2.75) is 78.9 Å². The molecule has 7 atom stereocenters. The van der Waals surface area contributed by atoms with E-state index >= 15 is 0 Å². The molecule has 4 fully saturated rings. The maximum Gasteiger partial charge on any atom is 0.302 e. The van der Waals surface area contributed by atoms with E-state index in [4.69, 9.17) is 9.47 Å². The zero-order valence-corrected chi connectivity index (χ0v) is 18.6. The van der Waals surface area contributed by atoms with Gasteiger partial charge >= 0.3 is 11.9 Å². The Bertz CT molecular complexity index is 856. The average Bonchev–Trinajstić information content (AvgIpc) is 2.76. The van der Waals surface area contributed by atoms with E-state index in [9.17, 15) is 19.2 Å². The van der Waals surface area contributed by atoms with E-state index in [0.29, 0.717) is 31.3 Å². The molecule has 0 aromatic heterocycles. The Morgan fingerprint density at radius 1 is 1.00 bits per heavy atom. The number of hydrogen-bond acceptors (Lipinski definition) is 6. The molecule has 0 amide bonds. The van der Waals surface area contributed by atoms with Gasteiger partial charge in [-0.15, -0.1) is 0 Å². The molecule has 0 saturated heterocycles. The minimum Gasteiger partial charge on any atom is -0.461 e. The van der Waals surface area contributed by atoms with Crippen LogP contribution in [0, 0.1) is 34.0 Å². The Morgan fingerprint density at radius 2 is 1.63 bits per heavy atom. The van der Waals surface area contributed by atoms with Gasteiger partial charge in [-0.25, -0.2) is 0 Å². The monoisotopic (exact) mass is 416 g/mol. The molecule has 4 saturated carbocycles. The number of rotatable bonds is 2. The zero-order chi connectivity index (χ0) is 22.2. The molecular weight excluding hydrogens is 384 g/mol. The Hall–Kier alpha value is -1.98. The van der Waals surface area contributed by atoms with Crippen molar-refractivity contribution in [2.75, 3.05) is 0 Å². The molecule has 0 aliphatic heterocycles. The highest BCUT2D eigenvalue weighted by Gasteiger charge is 2.76. The number of carbonyl (C=O) groups is 4. The van der Waals surface area contributed by atoms with Crippen molar-refractivity contribution in [3.8, 4) is 0 Å². The van der Waals surface area contributed by atoms with Gasteiger partial charge in [-0.1, -0.05) is 27.4 Å². The number of ketones is 2. The minimum absolute atomic E-state index is 0.0255. The summed E-state index contributed by atoms with van der Waals surface area (Å²) in [6.45, 7) is 12.9. The summed E-state index contributed by atoms with van der Waals surface area (Å²) in [7, 11) is 0. The van der Waals surface area contributed by atoms with Crippen LogP contribution in [-0.4, -0.2) is 35.7 Å².